The van der Waals surface area contributed by atoms with Gasteiger partial charge in [-0.05, 0) is 31.0 Å². The number of hydrogen-bond donors (Lipinski definition) is 2. The third-order valence-corrected chi connectivity index (χ3v) is 3.75. The number of morpholine rings is 1. The molecule has 1 fully saturated rings. The van der Waals surface area contributed by atoms with Gasteiger partial charge in [0, 0.05) is 17.6 Å². The first-order chi connectivity index (χ1) is 9.16. The second-order valence-corrected chi connectivity index (χ2v) is 5.59. The maximum Gasteiger partial charge on any atom is 0.239 e. The van der Waals surface area contributed by atoms with Crippen LogP contribution in [-0.4, -0.2) is 37.7 Å². The summed E-state index contributed by atoms with van der Waals surface area (Å²) in [6.45, 7) is 3.97. The summed E-state index contributed by atoms with van der Waals surface area (Å²) in [5.74, 6) is 0.0179. The first kappa shape index (κ1) is 17.4. The van der Waals surface area contributed by atoms with Crippen molar-refractivity contribution in [3.8, 4) is 0 Å². The molecule has 0 aromatic heterocycles. The highest BCUT2D eigenvalue weighted by atomic mass is 79.9. The van der Waals surface area contributed by atoms with Crippen LogP contribution in [0.3, 0.4) is 0 Å². The molecule has 4 nitrogen and oxygen atoms in total. The first-order valence-electron chi connectivity index (χ1n) is 6.54. The van der Waals surface area contributed by atoms with Gasteiger partial charge in [-0.1, -0.05) is 28.1 Å². The van der Waals surface area contributed by atoms with Gasteiger partial charge in [0.2, 0.25) is 5.91 Å². The SMILES string of the molecule is C[C@H]1OCCN[C@@H]1C(=O)NCCc1ccc(Br)cc1.Cl. The molecule has 0 radical (unpaired) electrons. The zero-order chi connectivity index (χ0) is 13.7. The maximum absolute atomic E-state index is 12.0. The lowest BCUT2D eigenvalue weighted by atomic mass is 10.1. The van der Waals surface area contributed by atoms with Crippen molar-refractivity contribution < 1.29 is 9.53 Å². The van der Waals surface area contributed by atoms with Crippen LogP contribution in [0.5, 0.6) is 0 Å². The molecule has 1 saturated heterocycles. The highest BCUT2D eigenvalue weighted by Crippen LogP contribution is 2.10. The highest BCUT2D eigenvalue weighted by molar-refractivity contribution is 9.10. The second-order valence-electron chi connectivity index (χ2n) is 4.68. The van der Waals surface area contributed by atoms with Crippen LogP contribution in [0.1, 0.15) is 12.5 Å². The van der Waals surface area contributed by atoms with E-state index >= 15 is 0 Å². The van der Waals surface area contributed by atoms with Gasteiger partial charge in [-0.3, -0.25) is 4.79 Å². The Morgan fingerprint density at radius 3 is 2.80 bits per heavy atom. The van der Waals surface area contributed by atoms with Gasteiger partial charge in [0.1, 0.15) is 6.04 Å². The van der Waals surface area contributed by atoms with E-state index < -0.39 is 0 Å². The van der Waals surface area contributed by atoms with Crippen LogP contribution >= 0.6 is 28.3 Å². The molecular weight excluding hydrogens is 344 g/mol. The molecule has 0 bridgehead atoms. The molecule has 0 saturated carbocycles. The number of rotatable bonds is 4. The molecular formula is C14H20BrClN2O2. The number of nitrogens with one attached hydrogen (secondary N) is 2. The average Bonchev–Trinajstić information content (AvgIpc) is 2.41. The first-order valence-corrected chi connectivity index (χ1v) is 7.33. The van der Waals surface area contributed by atoms with Crippen molar-refractivity contribution in [3.63, 3.8) is 0 Å². The molecule has 0 spiro atoms. The maximum atomic E-state index is 12.0. The summed E-state index contributed by atoms with van der Waals surface area (Å²) in [4.78, 5) is 12.0. The molecule has 1 amide bonds. The summed E-state index contributed by atoms with van der Waals surface area (Å²) in [5, 5.41) is 6.13. The Bertz CT molecular complexity index is 428. The predicted molar refractivity (Wildman–Crippen MR) is 85.3 cm³/mol. The zero-order valence-electron chi connectivity index (χ0n) is 11.4. The van der Waals surface area contributed by atoms with E-state index in [0.717, 1.165) is 17.4 Å². The summed E-state index contributed by atoms with van der Waals surface area (Å²) in [5.41, 5.74) is 1.21. The number of carbonyl (C=O) groups is 1. The summed E-state index contributed by atoms with van der Waals surface area (Å²) < 4.78 is 6.53. The number of amides is 1. The minimum absolute atomic E-state index is 0. The standard InChI is InChI=1S/C14H19BrN2O2.ClH/c1-10-13(16-8-9-19-10)14(18)17-7-6-11-2-4-12(15)5-3-11;/h2-5,10,13,16H,6-9H2,1H3,(H,17,18);1H/t10-,13+;/m1./s1. The molecule has 2 atom stereocenters. The van der Waals surface area contributed by atoms with Gasteiger partial charge in [0.05, 0.1) is 12.7 Å². The van der Waals surface area contributed by atoms with Gasteiger partial charge < -0.3 is 15.4 Å². The smallest absolute Gasteiger partial charge is 0.239 e. The largest absolute Gasteiger partial charge is 0.375 e. The molecule has 1 heterocycles. The van der Waals surface area contributed by atoms with Crippen molar-refractivity contribution in [2.24, 2.45) is 0 Å². The van der Waals surface area contributed by atoms with Crippen LogP contribution in [0, 0.1) is 0 Å². The summed E-state index contributed by atoms with van der Waals surface area (Å²) >= 11 is 3.40. The molecule has 1 aliphatic rings. The van der Waals surface area contributed by atoms with Gasteiger partial charge in [-0.25, -0.2) is 0 Å². The zero-order valence-corrected chi connectivity index (χ0v) is 13.8. The van der Waals surface area contributed by atoms with Crippen molar-refractivity contribution >= 4 is 34.2 Å². The van der Waals surface area contributed by atoms with E-state index in [4.69, 9.17) is 4.74 Å². The van der Waals surface area contributed by atoms with Crippen LogP contribution in [0.2, 0.25) is 0 Å². The number of ether oxygens (including phenoxy) is 1. The Morgan fingerprint density at radius 2 is 2.15 bits per heavy atom. The fraction of sp³-hybridized carbons (Fsp3) is 0.500. The van der Waals surface area contributed by atoms with E-state index in [2.05, 4.69) is 38.7 Å². The number of carbonyl (C=O) groups excluding carboxylic acids is 1. The minimum atomic E-state index is -0.237. The molecule has 0 aliphatic carbocycles. The Hall–Kier alpha value is -0.620. The Balaban J connectivity index is 0.00000200. The van der Waals surface area contributed by atoms with Crippen LogP contribution in [0.15, 0.2) is 28.7 Å². The number of benzene rings is 1. The van der Waals surface area contributed by atoms with Crippen LogP contribution < -0.4 is 10.6 Å². The summed E-state index contributed by atoms with van der Waals surface area (Å²) in [6.07, 6.45) is 0.766. The highest BCUT2D eigenvalue weighted by Gasteiger charge is 2.27. The normalized spacial score (nSPS) is 21.9. The van der Waals surface area contributed by atoms with Gasteiger partial charge in [-0.15, -0.1) is 12.4 Å². The molecule has 0 unspecified atom stereocenters. The third kappa shape index (κ3) is 5.05. The quantitative estimate of drug-likeness (QED) is 0.859. The lowest BCUT2D eigenvalue weighted by molar-refractivity contribution is -0.128. The van der Waals surface area contributed by atoms with Crippen molar-refractivity contribution in [3.05, 3.63) is 34.3 Å². The van der Waals surface area contributed by atoms with Crippen molar-refractivity contribution in [2.75, 3.05) is 19.7 Å². The van der Waals surface area contributed by atoms with Crippen LogP contribution in [0.25, 0.3) is 0 Å². The van der Waals surface area contributed by atoms with Crippen molar-refractivity contribution in [2.45, 2.75) is 25.5 Å². The Kier molecular flexibility index (Phi) is 7.51. The van der Waals surface area contributed by atoms with Gasteiger partial charge in [0.25, 0.3) is 0 Å². The van der Waals surface area contributed by atoms with E-state index in [1.54, 1.807) is 0 Å². The molecule has 2 rings (SSSR count). The van der Waals surface area contributed by atoms with E-state index in [1.165, 1.54) is 5.56 Å². The summed E-state index contributed by atoms with van der Waals surface area (Å²) in [7, 11) is 0. The Labute approximate surface area is 134 Å². The van der Waals surface area contributed by atoms with E-state index in [9.17, 15) is 4.79 Å². The van der Waals surface area contributed by atoms with Crippen molar-refractivity contribution in [1.29, 1.82) is 0 Å². The lowest BCUT2D eigenvalue weighted by Gasteiger charge is -2.29. The van der Waals surface area contributed by atoms with E-state index in [1.807, 2.05) is 19.1 Å². The monoisotopic (exact) mass is 362 g/mol. The molecule has 1 aromatic rings. The van der Waals surface area contributed by atoms with Crippen LogP contribution in [-0.2, 0) is 16.0 Å². The third-order valence-electron chi connectivity index (χ3n) is 3.23. The van der Waals surface area contributed by atoms with E-state index in [-0.39, 0.29) is 30.5 Å². The van der Waals surface area contributed by atoms with Crippen LogP contribution in [0.4, 0.5) is 0 Å². The Morgan fingerprint density at radius 1 is 1.45 bits per heavy atom. The predicted octanol–water partition coefficient (Wildman–Crippen LogP) is 1.91. The molecule has 112 valence electrons. The fourth-order valence-electron chi connectivity index (χ4n) is 2.12. The minimum Gasteiger partial charge on any atom is -0.375 e. The lowest BCUT2D eigenvalue weighted by Crippen LogP contribution is -2.55. The average molecular weight is 364 g/mol. The molecule has 1 aromatic carbocycles. The van der Waals surface area contributed by atoms with E-state index in [0.29, 0.717) is 13.2 Å². The second kappa shape index (κ2) is 8.62. The number of halogens is 2. The van der Waals surface area contributed by atoms with Gasteiger partial charge in [-0.2, -0.15) is 0 Å². The number of hydrogen-bond acceptors (Lipinski definition) is 3. The van der Waals surface area contributed by atoms with Crippen molar-refractivity contribution in [1.82, 2.24) is 10.6 Å². The van der Waals surface area contributed by atoms with Gasteiger partial charge in [0.15, 0.2) is 0 Å². The summed E-state index contributed by atoms with van der Waals surface area (Å²) in [6, 6.07) is 7.89. The topological polar surface area (TPSA) is 50.4 Å². The fourth-order valence-corrected chi connectivity index (χ4v) is 2.38. The molecule has 6 heteroatoms. The van der Waals surface area contributed by atoms with Gasteiger partial charge >= 0.3 is 0 Å². The molecule has 2 N–H and O–H groups in total. The molecule has 1 aliphatic heterocycles. The molecule has 20 heavy (non-hydrogen) atoms.